The average Bonchev–Trinajstić information content (AvgIpc) is 2.91. The van der Waals surface area contributed by atoms with Gasteiger partial charge in [0, 0.05) is 26.8 Å². The number of ether oxygens (including phenoxy) is 3. The topological polar surface area (TPSA) is 77.1 Å². The standard InChI is InChI=1S/C28H31ClN2O5/c1-34-18-8-17-30-28(33)27(22-9-4-3-5-10-22)31(19-21-13-15-23(35-2)16-14-21)26(32)20-36-25-12-7-6-11-24(25)29/h3-7,9-16,27H,8,17-20H2,1-2H3,(H,30,33)/t27-/m0/s1. The smallest absolute Gasteiger partial charge is 0.261 e. The first-order chi connectivity index (χ1) is 17.5. The van der Waals surface area contributed by atoms with E-state index in [9.17, 15) is 9.59 Å². The first kappa shape index (κ1) is 27.0. The van der Waals surface area contributed by atoms with Gasteiger partial charge in [0.15, 0.2) is 6.61 Å². The zero-order valence-corrected chi connectivity index (χ0v) is 21.2. The minimum atomic E-state index is -0.863. The Morgan fingerprint density at radius 1 is 0.944 bits per heavy atom. The summed E-state index contributed by atoms with van der Waals surface area (Å²) in [4.78, 5) is 28.6. The first-order valence-electron chi connectivity index (χ1n) is 11.6. The molecule has 1 N–H and O–H groups in total. The third-order valence-corrected chi connectivity index (χ3v) is 5.83. The Morgan fingerprint density at radius 2 is 1.64 bits per heavy atom. The molecule has 2 amide bonds. The van der Waals surface area contributed by atoms with Crippen molar-refractivity contribution < 1.29 is 23.8 Å². The Bertz CT molecular complexity index is 1110. The molecule has 0 saturated carbocycles. The maximum absolute atomic E-state index is 13.6. The van der Waals surface area contributed by atoms with Gasteiger partial charge in [0.05, 0.1) is 12.1 Å². The van der Waals surface area contributed by atoms with E-state index in [1.165, 1.54) is 4.90 Å². The predicted octanol–water partition coefficient (Wildman–Crippen LogP) is 4.65. The molecule has 0 aromatic heterocycles. The molecule has 0 saturated heterocycles. The summed E-state index contributed by atoms with van der Waals surface area (Å²) < 4.78 is 16.1. The van der Waals surface area contributed by atoms with E-state index in [2.05, 4.69) is 5.32 Å². The lowest BCUT2D eigenvalue weighted by Crippen LogP contribution is -2.45. The van der Waals surface area contributed by atoms with E-state index < -0.39 is 6.04 Å². The molecule has 8 heteroatoms. The highest BCUT2D eigenvalue weighted by atomic mass is 35.5. The largest absolute Gasteiger partial charge is 0.497 e. The van der Waals surface area contributed by atoms with Crippen LogP contribution in [-0.2, 0) is 20.9 Å². The molecular formula is C28H31ClN2O5. The normalized spacial score (nSPS) is 11.4. The Balaban J connectivity index is 1.90. The van der Waals surface area contributed by atoms with Crippen molar-refractivity contribution in [2.75, 3.05) is 34.0 Å². The molecule has 0 unspecified atom stereocenters. The molecule has 0 heterocycles. The summed E-state index contributed by atoms with van der Waals surface area (Å²) in [7, 11) is 3.21. The number of methoxy groups -OCH3 is 2. The van der Waals surface area contributed by atoms with Crippen LogP contribution in [0.15, 0.2) is 78.9 Å². The Labute approximate surface area is 216 Å². The molecule has 3 aromatic rings. The summed E-state index contributed by atoms with van der Waals surface area (Å²) in [5.41, 5.74) is 1.54. The van der Waals surface area contributed by atoms with E-state index in [0.717, 1.165) is 5.56 Å². The summed E-state index contributed by atoms with van der Waals surface area (Å²) in [6.45, 7) is 0.868. The average molecular weight is 511 g/mol. The van der Waals surface area contributed by atoms with Gasteiger partial charge >= 0.3 is 0 Å². The lowest BCUT2D eigenvalue weighted by Gasteiger charge is -2.31. The molecule has 0 fully saturated rings. The lowest BCUT2D eigenvalue weighted by molar-refractivity contribution is -0.143. The maximum atomic E-state index is 13.6. The van der Waals surface area contributed by atoms with E-state index in [1.807, 2.05) is 54.6 Å². The van der Waals surface area contributed by atoms with E-state index in [1.54, 1.807) is 38.5 Å². The maximum Gasteiger partial charge on any atom is 0.261 e. The second-order valence-corrected chi connectivity index (χ2v) is 8.45. The van der Waals surface area contributed by atoms with Crippen LogP contribution in [0.3, 0.4) is 0 Å². The Kier molecular flexibility index (Phi) is 10.6. The predicted molar refractivity (Wildman–Crippen MR) is 139 cm³/mol. The van der Waals surface area contributed by atoms with Crippen LogP contribution in [-0.4, -0.2) is 50.7 Å². The monoisotopic (exact) mass is 510 g/mol. The van der Waals surface area contributed by atoms with Crippen LogP contribution in [0, 0.1) is 0 Å². The number of rotatable bonds is 13. The minimum absolute atomic E-state index is 0.194. The van der Waals surface area contributed by atoms with Gasteiger partial charge in [-0.3, -0.25) is 9.59 Å². The van der Waals surface area contributed by atoms with Crippen molar-refractivity contribution in [3.05, 3.63) is 95.0 Å². The van der Waals surface area contributed by atoms with Gasteiger partial charge in [-0.05, 0) is 41.8 Å². The zero-order valence-electron chi connectivity index (χ0n) is 20.5. The summed E-state index contributed by atoms with van der Waals surface area (Å²) >= 11 is 6.20. The van der Waals surface area contributed by atoms with Crippen molar-refractivity contribution >= 4 is 23.4 Å². The van der Waals surface area contributed by atoms with Gasteiger partial charge in [0.25, 0.3) is 5.91 Å². The van der Waals surface area contributed by atoms with Crippen LogP contribution in [0.4, 0.5) is 0 Å². The molecule has 3 aromatic carbocycles. The summed E-state index contributed by atoms with van der Waals surface area (Å²) in [6.07, 6.45) is 0.659. The third kappa shape index (κ3) is 7.73. The zero-order chi connectivity index (χ0) is 25.8. The third-order valence-electron chi connectivity index (χ3n) is 5.52. The second-order valence-electron chi connectivity index (χ2n) is 8.04. The van der Waals surface area contributed by atoms with Gasteiger partial charge in [-0.2, -0.15) is 0 Å². The fourth-order valence-electron chi connectivity index (χ4n) is 3.67. The molecule has 0 bridgehead atoms. The van der Waals surface area contributed by atoms with E-state index in [4.69, 9.17) is 25.8 Å². The molecule has 7 nitrogen and oxygen atoms in total. The molecule has 0 aliphatic heterocycles. The number of nitrogens with zero attached hydrogens (tertiary/aromatic N) is 1. The minimum Gasteiger partial charge on any atom is -0.497 e. The van der Waals surface area contributed by atoms with E-state index in [0.29, 0.717) is 41.7 Å². The number of nitrogens with one attached hydrogen (secondary N) is 1. The molecular weight excluding hydrogens is 480 g/mol. The Morgan fingerprint density at radius 3 is 2.31 bits per heavy atom. The number of halogens is 1. The molecule has 0 aliphatic carbocycles. The van der Waals surface area contributed by atoms with E-state index in [-0.39, 0.29) is 25.0 Å². The van der Waals surface area contributed by atoms with Crippen molar-refractivity contribution in [2.24, 2.45) is 0 Å². The number of hydrogen-bond acceptors (Lipinski definition) is 5. The molecule has 3 rings (SSSR count). The van der Waals surface area contributed by atoms with Crippen LogP contribution in [0.2, 0.25) is 5.02 Å². The van der Waals surface area contributed by atoms with Gasteiger partial charge in [-0.1, -0.05) is 66.2 Å². The lowest BCUT2D eigenvalue weighted by atomic mass is 10.0. The van der Waals surface area contributed by atoms with Crippen molar-refractivity contribution in [2.45, 2.75) is 19.0 Å². The number of carbonyl (C=O) groups is 2. The van der Waals surface area contributed by atoms with Gasteiger partial charge in [0.2, 0.25) is 5.91 Å². The van der Waals surface area contributed by atoms with Crippen LogP contribution >= 0.6 is 11.6 Å². The molecule has 0 spiro atoms. The van der Waals surface area contributed by atoms with Gasteiger partial charge in [-0.25, -0.2) is 0 Å². The van der Waals surface area contributed by atoms with Crippen LogP contribution in [0.25, 0.3) is 0 Å². The molecule has 190 valence electrons. The summed E-state index contributed by atoms with van der Waals surface area (Å²) in [5, 5.41) is 3.35. The Hall–Kier alpha value is -3.55. The number of carbonyl (C=O) groups excluding carboxylic acids is 2. The van der Waals surface area contributed by atoms with Crippen LogP contribution < -0.4 is 14.8 Å². The molecule has 36 heavy (non-hydrogen) atoms. The SMILES string of the molecule is COCCCNC(=O)[C@H](c1ccccc1)N(Cc1ccc(OC)cc1)C(=O)COc1ccccc1Cl. The van der Waals surface area contributed by atoms with Crippen molar-refractivity contribution in [3.63, 3.8) is 0 Å². The highest BCUT2D eigenvalue weighted by molar-refractivity contribution is 6.32. The molecule has 0 aliphatic rings. The van der Waals surface area contributed by atoms with Crippen molar-refractivity contribution in [1.29, 1.82) is 0 Å². The van der Waals surface area contributed by atoms with Crippen LogP contribution in [0.5, 0.6) is 11.5 Å². The van der Waals surface area contributed by atoms with E-state index >= 15 is 0 Å². The number of amides is 2. The fourth-order valence-corrected chi connectivity index (χ4v) is 3.86. The van der Waals surface area contributed by atoms with Gasteiger partial charge in [-0.15, -0.1) is 0 Å². The van der Waals surface area contributed by atoms with Crippen molar-refractivity contribution in [1.82, 2.24) is 10.2 Å². The number of benzene rings is 3. The van der Waals surface area contributed by atoms with Crippen molar-refractivity contribution in [3.8, 4) is 11.5 Å². The summed E-state index contributed by atoms with van der Waals surface area (Å²) in [6, 6.07) is 22.7. The summed E-state index contributed by atoms with van der Waals surface area (Å²) in [5.74, 6) is 0.468. The van der Waals surface area contributed by atoms with Gasteiger partial charge in [0.1, 0.15) is 17.5 Å². The highest BCUT2D eigenvalue weighted by Gasteiger charge is 2.31. The number of hydrogen-bond donors (Lipinski definition) is 1. The fraction of sp³-hybridized carbons (Fsp3) is 0.286. The quantitative estimate of drug-likeness (QED) is 0.339. The van der Waals surface area contributed by atoms with Crippen LogP contribution in [0.1, 0.15) is 23.6 Å². The molecule has 1 atom stereocenters. The van der Waals surface area contributed by atoms with Gasteiger partial charge < -0.3 is 24.4 Å². The molecule has 0 radical (unpaired) electrons. The first-order valence-corrected chi connectivity index (χ1v) is 12.0. The second kappa shape index (κ2) is 14.1. The highest BCUT2D eigenvalue weighted by Crippen LogP contribution is 2.26. The number of para-hydroxylation sites is 1.